The van der Waals surface area contributed by atoms with Gasteiger partial charge in [-0.1, -0.05) is 25.1 Å². The van der Waals surface area contributed by atoms with Crippen LogP contribution in [0.1, 0.15) is 24.6 Å². The van der Waals surface area contributed by atoms with Crippen LogP contribution in [0.15, 0.2) is 60.9 Å². The lowest BCUT2D eigenvalue weighted by molar-refractivity contribution is 0.398. The number of aryl methyl sites for hydroxylation is 2. The number of rotatable bonds is 4. The first-order valence-corrected chi connectivity index (χ1v) is 10.2. The fourth-order valence-electron chi connectivity index (χ4n) is 4.20. The number of hydrogen-bond donors (Lipinski definition) is 0. The molecule has 0 bridgehead atoms. The molecule has 4 heterocycles. The molecule has 0 atom stereocenters. The van der Waals surface area contributed by atoms with Crippen LogP contribution in [-0.4, -0.2) is 28.0 Å². The number of benzene rings is 1. The third-order valence-corrected chi connectivity index (χ3v) is 5.66. The highest BCUT2D eigenvalue weighted by molar-refractivity contribution is 5.72. The second-order valence-corrected chi connectivity index (χ2v) is 7.35. The van der Waals surface area contributed by atoms with Crippen LogP contribution in [-0.2, 0) is 12.8 Å². The summed E-state index contributed by atoms with van der Waals surface area (Å²) in [5, 5.41) is 0. The maximum absolute atomic E-state index is 5.19. The van der Waals surface area contributed by atoms with Gasteiger partial charge in [-0.05, 0) is 49.1 Å². The molecule has 5 heteroatoms. The highest BCUT2D eigenvalue weighted by atomic mass is 16.5. The number of aromatic nitrogens is 3. The molecule has 1 aromatic carbocycles. The molecule has 0 aliphatic carbocycles. The van der Waals surface area contributed by atoms with E-state index < -0.39 is 0 Å². The van der Waals surface area contributed by atoms with Crippen molar-refractivity contribution < 1.29 is 4.74 Å². The molecule has 0 N–H and O–H groups in total. The van der Waals surface area contributed by atoms with Crippen molar-refractivity contribution in [3.63, 3.8) is 0 Å². The maximum atomic E-state index is 5.19. The molecule has 3 aromatic heterocycles. The van der Waals surface area contributed by atoms with Gasteiger partial charge in [-0.3, -0.25) is 4.40 Å². The lowest BCUT2D eigenvalue weighted by Crippen LogP contribution is -2.26. The molecule has 0 amide bonds. The summed E-state index contributed by atoms with van der Waals surface area (Å²) in [6.07, 6.45) is 7.18. The van der Waals surface area contributed by atoms with Gasteiger partial charge in [0.15, 0.2) is 0 Å². The molecule has 1 aliphatic heterocycles. The van der Waals surface area contributed by atoms with Crippen LogP contribution < -0.4 is 9.64 Å². The van der Waals surface area contributed by atoms with Crippen LogP contribution in [0.5, 0.6) is 5.88 Å². The Balaban J connectivity index is 1.65. The van der Waals surface area contributed by atoms with Crippen LogP contribution in [0.25, 0.3) is 16.8 Å². The van der Waals surface area contributed by atoms with Crippen LogP contribution in [0.4, 0.5) is 11.5 Å². The SMILES string of the molecule is CCc1ccccc1N1CCCc2nc3ccc(-c4ccc(OC)nc4)cn3c21. The van der Waals surface area contributed by atoms with E-state index in [4.69, 9.17) is 9.72 Å². The highest BCUT2D eigenvalue weighted by Crippen LogP contribution is 2.36. The Morgan fingerprint density at radius 3 is 2.69 bits per heavy atom. The van der Waals surface area contributed by atoms with E-state index in [1.165, 1.54) is 22.8 Å². The average Bonchev–Trinajstić information content (AvgIpc) is 3.17. The first-order chi connectivity index (χ1) is 14.3. The van der Waals surface area contributed by atoms with E-state index in [-0.39, 0.29) is 0 Å². The smallest absolute Gasteiger partial charge is 0.212 e. The number of ether oxygens (including phenoxy) is 1. The monoisotopic (exact) mass is 384 g/mol. The number of para-hydroxylation sites is 1. The molecule has 5 rings (SSSR count). The van der Waals surface area contributed by atoms with E-state index in [0.717, 1.165) is 42.6 Å². The molecule has 0 spiro atoms. The van der Waals surface area contributed by atoms with Crippen molar-refractivity contribution in [3.05, 3.63) is 72.2 Å². The molecule has 146 valence electrons. The summed E-state index contributed by atoms with van der Waals surface area (Å²) in [6, 6.07) is 16.8. The minimum absolute atomic E-state index is 0.622. The molecule has 0 saturated heterocycles. The Morgan fingerprint density at radius 2 is 1.90 bits per heavy atom. The summed E-state index contributed by atoms with van der Waals surface area (Å²) in [7, 11) is 1.63. The topological polar surface area (TPSA) is 42.7 Å². The van der Waals surface area contributed by atoms with E-state index in [0.29, 0.717) is 5.88 Å². The zero-order chi connectivity index (χ0) is 19.8. The summed E-state index contributed by atoms with van der Waals surface area (Å²) in [4.78, 5) is 11.7. The number of imidazole rings is 1. The van der Waals surface area contributed by atoms with Gasteiger partial charge < -0.3 is 9.64 Å². The van der Waals surface area contributed by atoms with Crippen LogP contribution in [0.2, 0.25) is 0 Å². The number of pyridine rings is 2. The van der Waals surface area contributed by atoms with Gasteiger partial charge in [-0.25, -0.2) is 9.97 Å². The Labute approximate surface area is 170 Å². The van der Waals surface area contributed by atoms with E-state index in [2.05, 4.69) is 63.8 Å². The second kappa shape index (κ2) is 7.24. The summed E-state index contributed by atoms with van der Waals surface area (Å²) in [6.45, 7) is 3.22. The van der Waals surface area contributed by atoms with Gasteiger partial charge in [-0.15, -0.1) is 0 Å². The van der Waals surface area contributed by atoms with Crippen molar-refractivity contribution in [1.82, 2.24) is 14.4 Å². The number of fused-ring (bicyclic) bond motifs is 3. The number of hydrogen-bond acceptors (Lipinski definition) is 4. The molecular weight excluding hydrogens is 360 g/mol. The van der Waals surface area contributed by atoms with Crippen LogP contribution in [0, 0.1) is 0 Å². The second-order valence-electron chi connectivity index (χ2n) is 7.35. The van der Waals surface area contributed by atoms with Crippen molar-refractivity contribution >= 4 is 17.2 Å². The lowest BCUT2D eigenvalue weighted by Gasteiger charge is -2.30. The lowest BCUT2D eigenvalue weighted by atomic mass is 10.1. The summed E-state index contributed by atoms with van der Waals surface area (Å²) >= 11 is 0. The van der Waals surface area contributed by atoms with E-state index in [1.807, 2.05) is 18.3 Å². The average molecular weight is 384 g/mol. The van der Waals surface area contributed by atoms with Crippen molar-refractivity contribution in [3.8, 4) is 17.0 Å². The third kappa shape index (κ3) is 3.03. The first-order valence-electron chi connectivity index (χ1n) is 10.2. The van der Waals surface area contributed by atoms with Gasteiger partial charge in [0.05, 0.1) is 12.8 Å². The molecule has 5 nitrogen and oxygen atoms in total. The zero-order valence-electron chi connectivity index (χ0n) is 16.8. The minimum atomic E-state index is 0.622. The van der Waals surface area contributed by atoms with E-state index >= 15 is 0 Å². The minimum Gasteiger partial charge on any atom is -0.481 e. The van der Waals surface area contributed by atoms with Gasteiger partial charge in [0.2, 0.25) is 5.88 Å². The van der Waals surface area contributed by atoms with Gasteiger partial charge in [0.1, 0.15) is 11.5 Å². The molecule has 4 aromatic rings. The predicted molar refractivity (Wildman–Crippen MR) is 116 cm³/mol. The first kappa shape index (κ1) is 17.7. The van der Waals surface area contributed by atoms with Gasteiger partial charge in [0.25, 0.3) is 0 Å². The van der Waals surface area contributed by atoms with E-state index in [1.54, 1.807) is 7.11 Å². The van der Waals surface area contributed by atoms with Crippen molar-refractivity contribution in [2.75, 3.05) is 18.6 Å². The van der Waals surface area contributed by atoms with Crippen molar-refractivity contribution in [1.29, 1.82) is 0 Å². The van der Waals surface area contributed by atoms with Crippen LogP contribution in [0.3, 0.4) is 0 Å². The summed E-state index contributed by atoms with van der Waals surface area (Å²) in [5.74, 6) is 1.81. The molecule has 0 saturated carbocycles. The van der Waals surface area contributed by atoms with Gasteiger partial charge in [-0.2, -0.15) is 0 Å². The molecule has 29 heavy (non-hydrogen) atoms. The quantitative estimate of drug-likeness (QED) is 0.494. The normalized spacial score (nSPS) is 13.5. The number of anilines is 2. The Hall–Kier alpha value is -3.34. The third-order valence-electron chi connectivity index (χ3n) is 5.66. The fourth-order valence-corrected chi connectivity index (χ4v) is 4.20. The van der Waals surface area contributed by atoms with Crippen molar-refractivity contribution in [2.45, 2.75) is 26.2 Å². The maximum Gasteiger partial charge on any atom is 0.212 e. The van der Waals surface area contributed by atoms with E-state index in [9.17, 15) is 0 Å². The Bertz CT molecular complexity index is 1160. The van der Waals surface area contributed by atoms with Gasteiger partial charge in [0, 0.05) is 41.8 Å². The molecule has 0 fully saturated rings. The molecular formula is C24H24N4O. The molecule has 0 unspecified atom stereocenters. The summed E-state index contributed by atoms with van der Waals surface area (Å²) in [5.41, 5.74) is 6.99. The predicted octanol–water partition coefficient (Wildman–Crippen LogP) is 5.05. The Morgan fingerprint density at radius 1 is 1.03 bits per heavy atom. The number of nitrogens with zero attached hydrogens (tertiary/aromatic N) is 4. The van der Waals surface area contributed by atoms with Crippen molar-refractivity contribution in [2.24, 2.45) is 0 Å². The Kier molecular flexibility index (Phi) is 4.43. The zero-order valence-corrected chi connectivity index (χ0v) is 16.8. The van der Waals surface area contributed by atoms with Crippen LogP contribution >= 0.6 is 0 Å². The standard InChI is InChI=1S/C24H24N4O/c1-3-17-7-4-5-9-21(17)27-14-6-8-20-24(27)28-16-19(10-12-22(28)26-20)18-11-13-23(29-2)25-15-18/h4-5,7,9-13,15-16H,3,6,8,14H2,1-2H3. The molecule has 1 aliphatic rings. The van der Waals surface area contributed by atoms with Gasteiger partial charge >= 0.3 is 0 Å². The fraction of sp³-hybridized carbons (Fsp3) is 0.250. The summed E-state index contributed by atoms with van der Waals surface area (Å²) < 4.78 is 7.43. The largest absolute Gasteiger partial charge is 0.481 e. The number of methoxy groups -OCH3 is 1. The highest BCUT2D eigenvalue weighted by Gasteiger charge is 2.25. The molecule has 0 radical (unpaired) electrons.